The van der Waals surface area contributed by atoms with Crippen molar-refractivity contribution in [2.24, 2.45) is 0 Å². The molecule has 1 fully saturated rings. The van der Waals surface area contributed by atoms with Gasteiger partial charge in [-0.1, -0.05) is 32.9 Å². The van der Waals surface area contributed by atoms with Crippen molar-refractivity contribution in [1.82, 2.24) is 20.0 Å². The van der Waals surface area contributed by atoms with Crippen molar-refractivity contribution in [1.29, 1.82) is 0 Å². The normalized spacial score (nSPS) is 15.3. The number of nitrogens with zero attached hydrogens (tertiary/aromatic N) is 3. The van der Waals surface area contributed by atoms with Gasteiger partial charge in [0, 0.05) is 12.6 Å². The average Bonchev–Trinajstić information content (AvgIpc) is 3.08. The molecule has 0 saturated carbocycles. The maximum Gasteiger partial charge on any atom is 0.278 e. The topological polar surface area (TPSA) is 70.4 Å². The van der Waals surface area contributed by atoms with Gasteiger partial charge in [-0.15, -0.1) is 0 Å². The molecule has 1 aromatic carbocycles. The fraction of sp³-hybridized carbons (Fsp3) is 0.524. The molecule has 0 spiro atoms. The molecule has 2 heterocycles. The van der Waals surface area contributed by atoms with Crippen LogP contribution in [0.15, 0.2) is 30.5 Å². The minimum absolute atomic E-state index is 0.0667. The Balaban J connectivity index is 1.84. The van der Waals surface area contributed by atoms with Crippen molar-refractivity contribution >= 4 is 5.91 Å². The second kappa shape index (κ2) is 8.57. The molecule has 1 aliphatic rings. The van der Waals surface area contributed by atoms with Gasteiger partial charge in [0.25, 0.3) is 5.91 Å². The molecule has 6 nitrogen and oxygen atoms in total. The molecule has 1 aliphatic heterocycles. The van der Waals surface area contributed by atoms with E-state index in [1.165, 1.54) is 11.8 Å². The van der Waals surface area contributed by atoms with Crippen molar-refractivity contribution in [3.63, 3.8) is 0 Å². The Hall–Kier alpha value is -2.34. The van der Waals surface area contributed by atoms with E-state index >= 15 is 0 Å². The second-order valence-corrected chi connectivity index (χ2v) is 7.53. The highest BCUT2D eigenvalue weighted by Gasteiger charge is 2.29. The molecule has 146 valence electrons. The molecule has 0 radical (unpaired) electrons. The third-order valence-electron chi connectivity index (χ3n) is 5.20. The fourth-order valence-corrected chi connectivity index (χ4v) is 3.61. The first-order valence-corrected chi connectivity index (χ1v) is 9.92. The number of rotatable bonds is 6. The summed E-state index contributed by atoms with van der Waals surface area (Å²) < 4.78 is 1.58. The molecule has 6 heteroatoms. The second-order valence-electron chi connectivity index (χ2n) is 7.53. The lowest BCUT2D eigenvalue weighted by Crippen LogP contribution is -2.46. The summed E-state index contributed by atoms with van der Waals surface area (Å²) in [5.74, 6) is 0.205. The first-order chi connectivity index (χ1) is 13.0. The Bertz CT molecular complexity index is 761. The van der Waals surface area contributed by atoms with E-state index in [2.05, 4.69) is 43.3 Å². The van der Waals surface area contributed by atoms with Crippen LogP contribution in [0.5, 0.6) is 5.75 Å². The lowest BCUT2D eigenvalue weighted by Gasteiger charge is -2.34. The molecule has 0 aliphatic carbocycles. The summed E-state index contributed by atoms with van der Waals surface area (Å²) in [5, 5.41) is 18.1. The lowest BCUT2D eigenvalue weighted by atomic mass is 10.0. The van der Waals surface area contributed by atoms with E-state index in [1.807, 2.05) is 17.0 Å². The number of carbonyl (C=O) groups is 1. The number of aromatic nitrogens is 2. The predicted molar refractivity (Wildman–Crippen MR) is 107 cm³/mol. The molecule has 27 heavy (non-hydrogen) atoms. The largest absolute Gasteiger partial charge is 0.504 e. The standard InChI is InChI=1S/C21H30N4O2/c1-4-13-24(17-9-11-22-12-10-17)21(27)20-19(26)14-25(23-20)18-7-5-16(6-8-18)15(2)3/h5-8,14-15,17,22,26H,4,9-13H2,1-3H3. The minimum atomic E-state index is -0.182. The van der Waals surface area contributed by atoms with Gasteiger partial charge in [-0.25, -0.2) is 4.68 Å². The van der Waals surface area contributed by atoms with Gasteiger partial charge in [0.15, 0.2) is 11.4 Å². The summed E-state index contributed by atoms with van der Waals surface area (Å²) in [6.07, 6.45) is 4.27. The first kappa shape index (κ1) is 19.4. The SMILES string of the molecule is CCCN(C(=O)c1nn(-c2ccc(C(C)C)cc2)cc1O)C1CCNCC1. The Labute approximate surface area is 161 Å². The van der Waals surface area contributed by atoms with Crippen molar-refractivity contribution in [3.05, 3.63) is 41.7 Å². The van der Waals surface area contributed by atoms with E-state index < -0.39 is 0 Å². The van der Waals surface area contributed by atoms with Gasteiger partial charge in [-0.3, -0.25) is 4.79 Å². The van der Waals surface area contributed by atoms with Crippen molar-refractivity contribution in [2.45, 2.75) is 52.0 Å². The Morgan fingerprint density at radius 1 is 1.30 bits per heavy atom. The fourth-order valence-electron chi connectivity index (χ4n) is 3.61. The van der Waals surface area contributed by atoms with Crippen LogP contribution in [0.4, 0.5) is 0 Å². The molecule has 1 saturated heterocycles. The summed E-state index contributed by atoms with van der Waals surface area (Å²) in [6, 6.07) is 8.24. The molecule has 3 rings (SSSR count). The van der Waals surface area contributed by atoms with Crippen LogP contribution in [0, 0.1) is 0 Å². The van der Waals surface area contributed by atoms with Crippen LogP contribution >= 0.6 is 0 Å². The van der Waals surface area contributed by atoms with Crippen molar-refractivity contribution < 1.29 is 9.90 Å². The number of nitrogens with one attached hydrogen (secondary N) is 1. The van der Waals surface area contributed by atoms with Crippen LogP contribution < -0.4 is 5.32 Å². The number of piperidine rings is 1. The zero-order valence-corrected chi connectivity index (χ0v) is 16.5. The maximum atomic E-state index is 13.1. The van der Waals surface area contributed by atoms with Gasteiger partial charge in [0.2, 0.25) is 0 Å². The summed E-state index contributed by atoms with van der Waals surface area (Å²) in [6.45, 7) is 8.87. The van der Waals surface area contributed by atoms with Gasteiger partial charge in [-0.05, 0) is 56.0 Å². The Kier molecular flexibility index (Phi) is 6.16. The highest BCUT2D eigenvalue weighted by Crippen LogP contribution is 2.24. The number of aromatic hydroxyl groups is 1. The van der Waals surface area contributed by atoms with Gasteiger partial charge >= 0.3 is 0 Å². The number of benzene rings is 1. The van der Waals surface area contributed by atoms with Gasteiger partial charge in [0.1, 0.15) is 0 Å². The predicted octanol–water partition coefficient (Wildman–Crippen LogP) is 3.31. The van der Waals surface area contributed by atoms with E-state index in [1.54, 1.807) is 4.68 Å². The third kappa shape index (κ3) is 4.33. The van der Waals surface area contributed by atoms with Gasteiger partial charge < -0.3 is 15.3 Å². The Morgan fingerprint density at radius 2 is 1.96 bits per heavy atom. The molecule has 0 unspecified atom stereocenters. The summed E-state index contributed by atoms with van der Waals surface area (Å²) in [7, 11) is 0. The monoisotopic (exact) mass is 370 g/mol. The van der Waals surface area contributed by atoms with Crippen molar-refractivity contribution in [2.75, 3.05) is 19.6 Å². The number of hydrogen-bond donors (Lipinski definition) is 2. The smallest absolute Gasteiger partial charge is 0.278 e. The van der Waals surface area contributed by atoms with Crippen LogP contribution in [0.2, 0.25) is 0 Å². The van der Waals surface area contributed by atoms with E-state index in [0.717, 1.165) is 38.0 Å². The Morgan fingerprint density at radius 3 is 2.56 bits per heavy atom. The maximum absolute atomic E-state index is 13.1. The number of carbonyl (C=O) groups excluding carboxylic acids is 1. The molecule has 1 amide bonds. The van der Waals surface area contributed by atoms with Crippen LogP contribution in [0.25, 0.3) is 5.69 Å². The van der Waals surface area contributed by atoms with Gasteiger partial charge in [0.05, 0.1) is 11.9 Å². The molecule has 1 aromatic heterocycles. The summed E-state index contributed by atoms with van der Waals surface area (Å²) in [5.41, 5.74) is 2.21. The number of amides is 1. The van der Waals surface area contributed by atoms with E-state index in [4.69, 9.17) is 0 Å². The number of hydrogen-bond acceptors (Lipinski definition) is 4. The quantitative estimate of drug-likeness (QED) is 0.818. The zero-order chi connectivity index (χ0) is 19.4. The highest BCUT2D eigenvalue weighted by atomic mass is 16.3. The molecule has 0 atom stereocenters. The first-order valence-electron chi connectivity index (χ1n) is 9.92. The molecule has 2 N–H and O–H groups in total. The van der Waals surface area contributed by atoms with Gasteiger partial charge in [-0.2, -0.15) is 5.10 Å². The molecular weight excluding hydrogens is 340 g/mol. The third-order valence-corrected chi connectivity index (χ3v) is 5.20. The van der Waals surface area contributed by atoms with E-state index in [-0.39, 0.29) is 23.4 Å². The molecular formula is C21H30N4O2. The summed E-state index contributed by atoms with van der Waals surface area (Å²) >= 11 is 0. The van der Waals surface area contributed by atoms with Crippen LogP contribution in [-0.2, 0) is 0 Å². The highest BCUT2D eigenvalue weighted by molar-refractivity contribution is 5.95. The molecule has 2 aromatic rings. The average molecular weight is 370 g/mol. The molecule has 0 bridgehead atoms. The summed E-state index contributed by atoms with van der Waals surface area (Å²) in [4.78, 5) is 15.0. The van der Waals surface area contributed by atoms with E-state index in [9.17, 15) is 9.90 Å². The van der Waals surface area contributed by atoms with Crippen LogP contribution in [-0.4, -0.2) is 51.4 Å². The minimum Gasteiger partial charge on any atom is -0.504 e. The van der Waals surface area contributed by atoms with Crippen molar-refractivity contribution in [3.8, 4) is 11.4 Å². The zero-order valence-electron chi connectivity index (χ0n) is 16.5. The van der Waals surface area contributed by atoms with Crippen LogP contribution in [0.1, 0.15) is 62.0 Å². The van der Waals surface area contributed by atoms with Crippen LogP contribution in [0.3, 0.4) is 0 Å². The lowest BCUT2D eigenvalue weighted by molar-refractivity contribution is 0.0633. The van der Waals surface area contributed by atoms with E-state index in [0.29, 0.717) is 12.5 Å².